The van der Waals surface area contributed by atoms with Crippen LogP contribution in [0.15, 0.2) is 164 Å². The third-order valence-corrected chi connectivity index (χ3v) is 17.6. The number of carbonyl (C=O) groups is 7. The minimum atomic E-state index is -0.318. The number of hydrogen-bond donors (Lipinski definition) is 2. The first-order valence-corrected chi connectivity index (χ1v) is 37.9. The van der Waals surface area contributed by atoms with E-state index in [-0.39, 0.29) is 105 Å². The molecule has 2 atom stereocenters. The number of phenolic OH excluding ortho intramolecular Hbond substituents is 1. The molecule has 0 spiro atoms. The fourth-order valence-corrected chi connectivity index (χ4v) is 12.7. The number of fused-ring (bicyclic) bond motifs is 12. The molecular formula is C92H106NO22W-. The number of furan rings is 4. The van der Waals surface area contributed by atoms with E-state index in [0.29, 0.717) is 77.2 Å². The Morgan fingerprint density at radius 1 is 0.431 bits per heavy atom. The van der Waals surface area contributed by atoms with Gasteiger partial charge in [0, 0.05) is 85.0 Å². The number of aryl methyl sites for hydroxylation is 2. The van der Waals surface area contributed by atoms with Gasteiger partial charge in [-0.1, -0.05) is 64.8 Å². The van der Waals surface area contributed by atoms with E-state index < -0.39 is 0 Å². The molecule has 14 rings (SSSR count). The minimum absolute atomic E-state index is 0. The van der Waals surface area contributed by atoms with Gasteiger partial charge >= 0.3 is 12.3 Å². The molecule has 24 heteroatoms. The molecular weight excluding hydrogens is 1650 g/mol. The summed E-state index contributed by atoms with van der Waals surface area (Å²) in [5.74, 6) is 2.43. The first-order valence-electron chi connectivity index (χ1n) is 37.9. The van der Waals surface area contributed by atoms with Gasteiger partial charge in [-0.2, -0.15) is 19.2 Å². The number of carbonyl (C=O) groups excluding carboxylic acids is 11. The van der Waals surface area contributed by atoms with E-state index in [1.807, 2.05) is 166 Å². The van der Waals surface area contributed by atoms with Gasteiger partial charge in [0.2, 0.25) is 0 Å². The average molecular weight is 1760 g/mol. The van der Waals surface area contributed by atoms with Crippen LogP contribution in [0.1, 0.15) is 188 Å². The average Bonchev–Trinajstić information content (AvgIpc) is 1.56. The molecule has 0 radical (unpaired) electrons. The van der Waals surface area contributed by atoms with Gasteiger partial charge in [-0.15, -0.1) is 0 Å². The van der Waals surface area contributed by atoms with Gasteiger partial charge in [0.15, 0.2) is 0 Å². The Morgan fingerprint density at radius 3 is 1.03 bits per heavy atom. The second kappa shape index (κ2) is 47.5. The molecule has 0 amide bonds. The summed E-state index contributed by atoms with van der Waals surface area (Å²) >= 11 is 0. The van der Waals surface area contributed by atoms with Crippen molar-refractivity contribution in [3.05, 3.63) is 176 Å². The van der Waals surface area contributed by atoms with Crippen LogP contribution in [0.3, 0.4) is 0 Å². The zero-order valence-corrected chi connectivity index (χ0v) is 71.5. The summed E-state index contributed by atoms with van der Waals surface area (Å²) in [5.41, 5.74) is 12.3. The fraction of sp³-hybridized carbons (Fsp3) is 0.370. The Balaban J connectivity index is 0.000000294. The summed E-state index contributed by atoms with van der Waals surface area (Å²) in [6.07, 6.45) is 15.9. The summed E-state index contributed by atoms with van der Waals surface area (Å²) in [6, 6.07) is 39.6. The zero-order chi connectivity index (χ0) is 83.7. The fourth-order valence-electron chi connectivity index (χ4n) is 12.7. The maximum absolute atomic E-state index is 12.4. The second-order valence-corrected chi connectivity index (χ2v) is 29.7. The van der Waals surface area contributed by atoms with Crippen molar-refractivity contribution in [1.82, 2.24) is 0 Å². The summed E-state index contributed by atoms with van der Waals surface area (Å²) in [6.45, 7) is 28.7. The third-order valence-electron chi connectivity index (χ3n) is 17.6. The molecule has 4 aromatic heterocycles. The van der Waals surface area contributed by atoms with E-state index in [0.717, 1.165) is 132 Å². The molecule has 2 fully saturated rings. The van der Waals surface area contributed by atoms with Crippen LogP contribution in [0.4, 0.5) is 0 Å². The van der Waals surface area contributed by atoms with Crippen LogP contribution in [0.5, 0.6) is 23.0 Å². The van der Waals surface area contributed by atoms with E-state index in [9.17, 15) is 38.7 Å². The van der Waals surface area contributed by atoms with E-state index >= 15 is 0 Å². The molecule has 2 saturated carbocycles. The molecule has 618 valence electrons. The number of hydrogen-bond acceptors (Lipinski definition) is 23. The first kappa shape index (κ1) is 97.0. The molecule has 23 nitrogen and oxygen atoms in total. The number of nitrogens with two attached hydrogens (primary N) is 1. The van der Waals surface area contributed by atoms with Crippen LogP contribution >= 0.6 is 0 Å². The number of ketones is 4. The third kappa shape index (κ3) is 28.6. The number of phenols is 1. The van der Waals surface area contributed by atoms with E-state index in [1.54, 1.807) is 24.7 Å². The smallest absolute Gasteiger partial charge is 0.373 e. The summed E-state index contributed by atoms with van der Waals surface area (Å²) in [5, 5.41) is 22.7. The van der Waals surface area contributed by atoms with Crippen LogP contribution in [-0.2, 0) is 101 Å². The summed E-state index contributed by atoms with van der Waals surface area (Å²) in [7, 11) is 0. The largest absolute Gasteiger partial charge is 0.508 e. The number of benzene rings is 8. The molecule has 3 N–H and O–H groups in total. The van der Waals surface area contributed by atoms with E-state index in [4.69, 9.17) is 56.8 Å². The topological polar surface area (TPSA) is 342 Å². The Morgan fingerprint density at radius 2 is 0.733 bits per heavy atom. The van der Waals surface area contributed by atoms with Crippen LogP contribution < -0.4 is 19.9 Å². The van der Waals surface area contributed by atoms with E-state index in [1.165, 1.54) is 32.7 Å². The molecule has 2 aliphatic carbocycles. The Labute approximate surface area is 689 Å². The van der Waals surface area contributed by atoms with Crippen molar-refractivity contribution in [3.8, 4) is 23.0 Å². The molecule has 4 heterocycles. The summed E-state index contributed by atoms with van der Waals surface area (Å²) in [4.78, 5) is 109. The van der Waals surface area contributed by atoms with Crippen molar-refractivity contribution in [2.45, 2.75) is 196 Å². The van der Waals surface area contributed by atoms with Crippen molar-refractivity contribution in [3.63, 3.8) is 0 Å². The van der Waals surface area contributed by atoms with Gasteiger partial charge < -0.3 is 64.4 Å². The van der Waals surface area contributed by atoms with Crippen molar-refractivity contribution in [1.29, 1.82) is 0 Å². The standard InChI is InChI=1S/2C21H20O4.C17H19NO2.C15H14O2.3C5H10O2.2CO2.CH3.W/c2*1-2-9-24-15-5-7-16-13(10-15)3-8-20-21(16)18(12-25-20)17-6-4-14(22)11-19(17)23;1-2-3-13-11-20-16-7-4-12-10-14(19-9-8-18)5-6-15(12)17(13)16;1-2-3-11-9-17-14-7-4-10-8-12(16)5-6-13(10)15(11)14;3*1-5(2,3)7-4-6;2*2-1-3;;/h2*3,5,7-8,10,12,17H,2,4,6,9,11H2,1H3;4-7,10-11H,2-3,8-9,18H2,1H3;4-9,16H,2-3H2,1H3;3*4H,1-3H3;;;1H3;/q;;;;;;;;;-1;. The number of ether oxygens (including phenoxy) is 6. The van der Waals surface area contributed by atoms with Gasteiger partial charge in [-0.3, -0.25) is 33.6 Å². The first-order chi connectivity index (χ1) is 54.5. The normalized spacial score (nSPS) is 13.5. The van der Waals surface area contributed by atoms with Crippen molar-refractivity contribution in [2.24, 2.45) is 5.73 Å². The Hall–Kier alpha value is -11.3. The van der Waals surface area contributed by atoms with Crippen LogP contribution in [-0.4, -0.2) is 103 Å². The molecule has 116 heavy (non-hydrogen) atoms. The number of rotatable bonds is 18. The van der Waals surface area contributed by atoms with Crippen molar-refractivity contribution in [2.75, 3.05) is 26.4 Å². The van der Waals surface area contributed by atoms with Crippen LogP contribution in [0, 0.1) is 7.43 Å². The molecule has 12 aromatic rings. The zero-order valence-electron chi connectivity index (χ0n) is 68.6. The van der Waals surface area contributed by atoms with Crippen LogP contribution in [0.25, 0.3) is 87.0 Å². The van der Waals surface area contributed by atoms with Gasteiger partial charge in [0.1, 0.15) is 91.9 Å². The molecule has 0 aliphatic heterocycles. The monoisotopic (exact) mass is 1760 g/mol. The van der Waals surface area contributed by atoms with Gasteiger partial charge in [0.05, 0.1) is 51.1 Å². The van der Waals surface area contributed by atoms with Gasteiger partial charge in [0.25, 0.3) is 19.4 Å². The SMILES string of the molecule is CC(C)(C)OC=O.CC(C)(C)OC=O.CC(C)(C)OC=O.CCCOc1ccc2c(ccc3occ(C4CCC(=O)CC4=O)c32)c1.CCCOc1ccc2c(ccc3occ(C4CCC(=O)CC4=O)c32)c1.CCCc1coc2ccc3cc(O)ccc3c12.CCCc1coc2ccc3cc(OCCN)ccc3c12.O=C=O.O=C=O.[CH3-].[W]. The predicted molar refractivity (Wildman–Crippen MR) is 441 cm³/mol. The Kier molecular flexibility index (Phi) is 39.7. The molecule has 2 unspecified atom stereocenters. The molecule has 0 saturated heterocycles. The Bertz CT molecular complexity index is 5060. The maximum Gasteiger partial charge on any atom is 0.373 e. The van der Waals surface area contributed by atoms with Gasteiger partial charge in [-0.05, 0) is 252 Å². The van der Waals surface area contributed by atoms with E-state index in [2.05, 4.69) is 60.1 Å². The quantitative estimate of drug-likeness (QED) is 0.0349. The van der Waals surface area contributed by atoms with Crippen molar-refractivity contribution >= 4 is 142 Å². The predicted octanol–water partition coefficient (Wildman–Crippen LogP) is 19.8. The second-order valence-electron chi connectivity index (χ2n) is 29.7. The maximum atomic E-state index is 12.4. The number of Topliss-reactive ketones (excluding diaryl/α,β-unsaturated/α-hetero) is 4. The summed E-state index contributed by atoms with van der Waals surface area (Å²) < 4.78 is 53.3. The van der Waals surface area contributed by atoms with Crippen LogP contribution in [0.2, 0.25) is 0 Å². The molecule has 8 aromatic carbocycles. The van der Waals surface area contributed by atoms with Crippen molar-refractivity contribution < 1.29 is 125 Å². The molecule has 0 bridgehead atoms. The minimum Gasteiger partial charge on any atom is -0.508 e. The number of aromatic hydroxyl groups is 1. The van der Waals surface area contributed by atoms with Gasteiger partial charge in [-0.25, -0.2) is 0 Å². The molecule has 2 aliphatic rings.